The number of rotatable bonds is 1. The van der Waals surface area contributed by atoms with Gasteiger partial charge in [0.1, 0.15) is 0 Å². The smallest absolute Gasteiger partial charge is 0.0622 e. The van der Waals surface area contributed by atoms with Gasteiger partial charge in [0.15, 0.2) is 0 Å². The van der Waals surface area contributed by atoms with Crippen molar-refractivity contribution in [3.63, 3.8) is 0 Å². The lowest BCUT2D eigenvalue weighted by molar-refractivity contribution is 0.630. The molecule has 7 aromatic rings. The van der Waals surface area contributed by atoms with Gasteiger partial charge in [0.2, 0.25) is 0 Å². The fourth-order valence-corrected chi connectivity index (χ4v) is 6.81. The fraction of sp³-hybridized carbons (Fsp3) is 0.143. The van der Waals surface area contributed by atoms with E-state index in [0.29, 0.717) is 0 Å². The Balaban J connectivity index is 1.53. The number of para-hydroxylation sites is 2. The summed E-state index contributed by atoms with van der Waals surface area (Å²) in [4.78, 5) is 2.50. The van der Waals surface area contributed by atoms with Gasteiger partial charge in [-0.1, -0.05) is 85.6 Å². The largest absolute Gasteiger partial charge is 0.310 e. The first-order valence-electron chi connectivity index (χ1n) is 13.1. The molecule has 0 amide bonds. The average molecular weight is 477 g/mol. The van der Waals surface area contributed by atoms with Crippen molar-refractivity contribution < 1.29 is 0 Å². The van der Waals surface area contributed by atoms with E-state index < -0.39 is 0 Å². The van der Waals surface area contributed by atoms with E-state index in [1.807, 2.05) is 0 Å². The SMILES string of the molecule is Cc1ccc2c(c1)C(C)(C)c1cc(C)ccc1N2c1cc2c3ccccc3n3c4ccccc4c(c1)c23. The molecule has 2 aromatic heterocycles. The predicted molar refractivity (Wildman–Crippen MR) is 157 cm³/mol. The first-order valence-corrected chi connectivity index (χ1v) is 13.1. The third kappa shape index (κ3) is 2.60. The molecule has 0 fully saturated rings. The molecule has 0 aliphatic carbocycles. The van der Waals surface area contributed by atoms with Gasteiger partial charge in [0.05, 0.1) is 27.9 Å². The molecule has 178 valence electrons. The Kier molecular flexibility index (Phi) is 3.90. The van der Waals surface area contributed by atoms with Crippen molar-refractivity contribution in [2.45, 2.75) is 33.1 Å². The second kappa shape index (κ2) is 6.92. The maximum absolute atomic E-state index is 2.50. The molecule has 3 heterocycles. The molecule has 2 nitrogen and oxygen atoms in total. The van der Waals surface area contributed by atoms with Crippen LogP contribution >= 0.6 is 0 Å². The molecule has 0 radical (unpaired) electrons. The van der Waals surface area contributed by atoms with E-state index >= 15 is 0 Å². The normalized spacial score (nSPS) is 14.6. The van der Waals surface area contributed by atoms with Gasteiger partial charge in [0.25, 0.3) is 0 Å². The second-order valence-corrected chi connectivity index (χ2v) is 11.3. The molecule has 0 atom stereocenters. The molecule has 0 unspecified atom stereocenters. The van der Waals surface area contributed by atoms with Gasteiger partial charge in [-0.3, -0.25) is 0 Å². The van der Waals surface area contributed by atoms with Crippen molar-refractivity contribution >= 4 is 55.2 Å². The lowest BCUT2D eigenvalue weighted by Crippen LogP contribution is -2.30. The van der Waals surface area contributed by atoms with Crippen molar-refractivity contribution in [1.82, 2.24) is 4.40 Å². The standard InChI is InChI=1S/C35H28N2/c1-21-13-15-32-28(17-21)35(3,4)29-18-22(2)14-16-33(29)36(32)23-19-26-24-9-5-7-11-30(24)37-31-12-8-6-10-25(31)27(20-23)34(26)37/h5-20H,1-4H3. The highest BCUT2D eigenvalue weighted by Gasteiger charge is 2.37. The van der Waals surface area contributed by atoms with E-state index in [-0.39, 0.29) is 5.41 Å². The van der Waals surface area contributed by atoms with Crippen LogP contribution in [-0.4, -0.2) is 4.40 Å². The lowest BCUT2D eigenvalue weighted by atomic mass is 9.72. The van der Waals surface area contributed by atoms with Gasteiger partial charge >= 0.3 is 0 Å². The second-order valence-electron chi connectivity index (χ2n) is 11.3. The van der Waals surface area contributed by atoms with Crippen molar-refractivity contribution in [2.75, 3.05) is 4.90 Å². The molecule has 5 aromatic carbocycles. The summed E-state index contributed by atoms with van der Waals surface area (Å²) in [5, 5.41) is 5.24. The van der Waals surface area contributed by atoms with E-state index in [0.717, 1.165) is 0 Å². The summed E-state index contributed by atoms with van der Waals surface area (Å²) in [6.45, 7) is 9.14. The Labute approximate surface area is 216 Å². The molecule has 8 rings (SSSR count). The summed E-state index contributed by atoms with van der Waals surface area (Å²) in [6.07, 6.45) is 0. The zero-order chi connectivity index (χ0) is 25.1. The number of nitrogens with zero attached hydrogens (tertiary/aromatic N) is 2. The van der Waals surface area contributed by atoms with Crippen molar-refractivity contribution in [3.05, 3.63) is 119 Å². The van der Waals surface area contributed by atoms with Crippen LogP contribution in [0, 0.1) is 13.8 Å². The summed E-state index contributed by atoms with van der Waals surface area (Å²) in [5.41, 5.74) is 12.9. The number of fused-ring (bicyclic) bond motifs is 8. The highest BCUT2D eigenvalue weighted by atomic mass is 15.2. The molecule has 0 saturated heterocycles. The third-order valence-electron chi connectivity index (χ3n) is 8.58. The maximum atomic E-state index is 2.50. The van der Waals surface area contributed by atoms with Crippen LogP contribution in [0.5, 0.6) is 0 Å². The molecular formula is C35H28N2. The Morgan fingerprint density at radius 1 is 0.541 bits per heavy atom. The predicted octanol–water partition coefficient (Wildman–Crippen LogP) is 9.56. The van der Waals surface area contributed by atoms with Crippen molar-refractivity contribution in [3.8, 4) is 0 Å². The monoisotopic (exact) mass is 476 g/mol. The van der Waals surface area contributed by atoms with Gasteiger partial charge in [-0.2, -0.15) is 0 Å². The van der Waals surface area contributed by atoms with Crippen LogP contribution in [0.3, 0.4) is 0 Å². The summed E-state index contributed by atoms with van der Waals surface area (Å²) >= 11 is 0. The van der Waals surface area contributed by atoms with Gasteiger partial charge in [-0.05, 0) is 61.4 Å². The summed E-state index contributed by atoms with van der Waals surface area (Å²) in [7, 11) is 0. The molecule has 1 aliphatic rings. The number of benzene rings is 5. The molecule has 0 saturated carbocycles. The number of hydrogen-bond donors (Lipinski definition) is 0. The van der Waals surface area contributed by atoms with Gasteiger partial charge in [-0.25, -0.2) is 0 Å². The fourth-order valence-electron chi connectivity index (χ4n) is 6.81. The van der Waals surface area contributed by atoms with Crippen LogP contribution in [0.2, 0.25) is 0 Å². The highest BCUT2D eigenvalue weighted by molar-refractivity contribution is 6.24. The van der Waals surface area contributed by atoms with Crippen LogP contribution in [0.15, 0.2) is 97.1 Å². The van der Waals surface area contributed by atoms with Gasteiger partial charge < -0.3 is 9.30 Å². The molecule has 1 aliphatic heterocycles. The van der Waals surface area contributed by atoms with E-state index in [9.17, 15) is 0 Å². The van der Waals surface area contributed by atoms with E-state index in [1.165, 1.54) is 77.4 Å². The summed E-state index contributed by atoms with van der Waals surface area (Å²) in [6, 6.07) is 36.4. The van der Waals surface area contributed by atoms with Crippen LogP contribution in [0.1, 0.15) is 36.1 Å². The van der Waals surface area contributed by atoms with E-state index in [4.69, 9.17) is 0 Å². The minimum atomic E-state index is -0.0806. The summed E-state index contributed by atoms with van der Waals surface area (Å²) < 4.78 is 2.45. The zero-order valence-corrected chi connectivity index (χ0v) is 21.6. The number of hydrogen-bond acceptors (Lipinski definition) is 1. The molecule has 0 N–H and O–H groups in total. The Hall–Kier alpha value is -4.30. The van der Waals surface area contributed by atoms with E-state index in [1.54, 1.807) is 0 Å². The molecule has 2 heteroatoms. The van der Waals surface area contributed by atoms with E-state index in [2.05, 4.69) is 134 Å². The number of anilines is 3. The first-order chi connectivity index (χ1) is 17.9. The van der Waals surface area contributed by atoms with Crippen molar-refractivity contribution in [2.24, 2.45) is 0 Å². The topological polar surface area (TPSA) is 7.65 Å². The summed E-state index contributed by atoms with van der Waals surface area (Å²) in [5.74, 6) is 0. The Bertz CT molecular complexity index is 1900. The lowest BCUT2D eigenvalue weighted by Gasteiger charge is -2.42. The van der Waals surface area contributed by atoms with Gasteiger partial charge in [-0.15, -0.1) is 0 Å². The third-order valence-corrected chi connectivity index (χ3v) is 8.58. The minimum absolute atomic E-state index is 0.0806. The Morgan fingerprint density at radius 2 is 1.03 bits per heavy atom. The Morgan fingerprint density at radius 3 is 1.54 bits per heavy atom. The number of aromatic nitrogens is 1. The van der Waals surface area contributed by atoms with Crippen molar-refractivity contribution in [1.29, 1.82) is 0 Å². The molecular weight excluding hydrogens is 448 g/mol. The van der Waals surface area contributed by atoms with Crippen LogP contribution in [0.4, 0.5) is 17.1 Å². The zero-order valence-electron chi connectivity index (χ0n) is 21.6. The molecule has 37 heavy (non-hydrogen) atoms. The minimum Gasteiger partial charge on any atom is -0.310 e. The number of aryl methyl sites for hydroxylation is 2. The van der Waals surface area contributed by atoms with Crippen LogP contribution < -0.4 is 4.90 Å². The van der Waals surface area contributed by atoms with Gasteiger partial charge in [0, 0.05) is 32.6 Å². The average Bonchev–Trinajstić information content (AvgIpc) is 3.41. The quantitative estimate of drug-likeness (QED) is 0.229. The van der Waals surface area contributed by atoms with Crippen LogP contribution in [0.25, 0.3) is 38.1 Å². The highest BCUT2D eigenvalue weighted by Crippen LogP contribution is 2.53. The molecule has 0 spiro atoms. The first kappa shape index (κ1) is 20.8. The molecule has 0 bridgehead atoms. The maximum Gasteiger partial charge on any atom is 0.0622 e. The van der Waals surface area contributed by atoms with Crippen LogP contribution in [-0.2, 0) is 5.41 Å².